The van der Waals surface area contributed by atoms with Gasteiger partial charge >= 0.3 is 0 Å². The summed E-state index contributed by atoms with van der Waals surface area (Å²) in [6.45, 7) is 37.4. The number of fused-ring (bicyclic) bond motifs is 10. The second-order valence-electron chi connectivity index (χ2n) is 31.9. The van der Waals surface area contributed by atoms with Crippen LogP contribution in [0.25, 0.3) is 44.5 Å². The highest BCUT2D eigenvalue weighted by molar-refractivity contribution is 7.00. The van der Waals surface area contributed by atoms with Gasteiger partial charge in [0.15, 0.2) is 0 Å². The second kappa shape index (κ2) is 20.7. The highest BCUT2D eigenvalue weighted by atomic mass is 15.2. The molecule has 4 aliphatic rings. The zero-order valence-corrected chi connectivity index (χ0v) is 56.9. The van der Waals surface area contributed by atoms with Crippen LogP contribution in [0.3, 0.4) is 0 Å². The molecule has 92 heavy (non-hydrogen) atoms. The molecule has 15 rings (SSSR count). The molecule has 456 valence electrons. The molecular weight excluding hydrogens is 1110 g/mol. The molecule has 0 atom stereocenters. The Hall–Kier alpha value is -9.12. The molecule has 0 saturated carbocycles. The quantitative estimate of drug-likeness (QED) is 0.147. The summed E-state index contributed by atoms with van der Waals surface area (Å²) in [5.74, 6) is 0. The summed E-state index contributed by atoms with van der Waals surface area (Å²) in [5, 5.41) is 0. The van der Waals surface area contributed by atoms with Crippen LogP contribution < -0.4 is 31.1 Å². The summed E-state index contributed by atoms with van der Waals surface area (Å²) in [4.78, 5) is 7.71. The molecule has 0 aromatic heterocycles. The van der Waals surface area contributed by atoms with Crippen molar-refractivity contribution in [3.8, 4) is 44.5 Å². The van der Waals surface area contributed by atoms with E-state index in [2.05, 4.69) is 356 Å². The van der Waals surface area contributed by atoms with Crippen molar-refractivity contribution in [2.45, 2.75) is 143 Å². The first-order valence-electron chi connectivity index (χ1n) is 33.4. The molecule has 2 aliphatic heterocycles. The fourth-order valence-corrected chi connectivity index (χ4v) is 16.0. The number of nitrogens with zero attached hydrogens (tertiary/aromatic N) is 3. The van der Waals surface area contributed by atoms with Crippen LogP contribution in [0, 0.1) is 0 Å². The fraction of sp³-hybridized carbons (Fsp3) is 0.250. The molecule has 2 aliphatic carbocycles. The second-order valence-corrected chi connectivity index (χ2v) is 31.9. The molecule has 0 saturated heterocycles. The normalized spacial score (nSPS) is 14.8. The van der Waals surface area contributed by atoms with E-state index in [1.807, 2.05) is 0 Å². The Balaban J connectivity index is 0.990. The van der Waals surface area contributed by atoms with E-state index < -0.39 is 0 Å². The highest BCUT2D eigenvalue weighted by Crippen LogP contribution is 2.55. The van der Waals surface area contributed by atoms with Crippen LogP contribution in [-0.4, -0.2) is 6.71 Å². The zero-order valence-electron chi connectivity index (χ0n) is 56.9. The van der Waals surface area contributed by atoms with Gasteiger partial charge in [-0.25, -0.2) is 0 Å². The number of hydrogen-bond donors (Lipinski definition) is 0. The number of hydrogen-bond acceptors (Lipinski definition) is 3. The molecule has 11 aromatic rings. The Morgan fingerprint density at radius 2 is 0.696 bits per heavy atom. The van der Waals surface area contributed by atoms with Crippen molar-refractivity contribution in [2.75, 3.05) is 14.7 Å². The molecule has 11 aromatic carbocycles. The van der Waals surface area contributed by atoms with Gasteiger partial charge in [0, 0.05) is 62.0 Å². The SMILES string of the molecule is CC(C)(C)c1ccc(N(c2ccc(C(C)(C)C)cc2)c2ccc3c(c2)N(c2ccc(C(C)(C)C)cc2)c2cc(C(C)(C)C)cc4c2B3c2cc(-c3cccc5c3C(C)(C)c3ccccc3-5)ccc2N4c2ccc(-c3cccc4c3C(C)(C)c3ccccc3-4)cc2)cc1. The van der Waals surface area contributed by atoms with Gasteiger partial charge < -0.3 is 14.7 Å². The lowest BCUT2D eigenvalue weighted by Gasteiger charge is -2.45. The molecule has 0 fully saturated rings. The predicted molar refractivity (Wildman–Crippen MR) is 396 cm³/mol. The van der Waals surface area contributed by atoms with Crippen LogP contribution in [0.2, 0.25) is 0 Å². The van der Waals surface area contributed by atoms with Gasteiger partial charge in [-0.15, -0.1) is 0 Å². The Kier molecular flexibility index (Phi) is 13.3. The predicted octanol–water partition coefficient (Wildman–Crippen LogP) is 22.4. The lowest BCUT2D eigenvalue weighted by atomic mass is 9.33. The van der Waals surface area contributed by atoms with Crippen molar-refractivity contribution in [2.24, 2.45) is 0 Å². The van der Waals surface area contributed by atoms with E-state index in [4.69, 9.17) is 0 Å². The van der Waals surface area contributed by atoms with Crippen molar-refractivity contribution in [1.82, 2.24) is 0 Å². The Morgan fingerprint density at radius 1 is 0.304 bits per heavy atom. The minimum Gasteiger partial charge on any atom is -0.311 e. The van der Waals surface area contributed by atoms with Crippen LogP contribution in [0.5, 0.6) is 0 Å². The van der Waals surface area contributed by atoms with Crippen molar-refractivity contribution in [1.29, 1.82) is 0 Å². The topological polar surface area (TPSA) is 9.72 Å². The Labute approximate surface area is 548 Å². The third-order valence-corrected chi connectivity index (χ3v) is 21.1. The number of anilines is 9. The van der Waals surface area contributed by atoms with E-state index in [-0.39, 0.29) is 39.2 Å². The van der Waals surface area contributed by atoms with E-state index in [0.29, 0.717) is 0 Å². The standard InChI is InChI=1S/C88H86BN3/c1-83(2,3)57-34-42-61(43-35-57)90(62-44-36-58(37-45-62)84(4,5)6)65-48-49-74-77(54-65)92(64-46-38-59(39-47-64)85(7,8)9)79-53-60(86(10,11)12)52-78-82(79)89(74)75-51-56(67-26-22-28-71-69-24-18-20-30-73(69)88(15,16)81(67)71)33-50-76(75)91(78)63-40-31-55(32-41-63)66-25-21-27-70-68-23-17-19-29-72(68)87(13,14)80(66)70/h17-54H,1-16H3. The maximum Gasteiger partial charge on any atom is 0.252 e. The van der Waals surface area contributed by atoms with Crippen LogP contribution in [0.1, 0.15) is 155 Å². The minimum atomic E-state index is -0.199. The van der Waals surface area contributed by atoms with Gasteiger partial charge in [0.2, 0.25) is 0 Å². The van der Waals surface area contributed by atoms with Crippen molar-refractivity contribution in [3.63, 3.8) is 0 Å². The third kappa shape index (κ3) is 9.36. The number of benzene rings is 11. The maximum absolute atomic E-state index is 2.62. The zero-order chi connectivity index (χ0) is 64.3. The third-order valence-electron chi connectivity index (χ3n) is 21.1. The molecule has 0 spiro atoms. The smallest absolute Gasteiger partial charge is 0.252 e. The first-order chi connectivity index (χ1) is 43.7. The molecule has 3 nitrogen and oxygen atoms in total. The molecular formula is C88H86BN3. The van der Waals surface area contributed by atoms with Gasteiger partial charge in [-0.3, -0.25) is 0 Å². The van der Waals surface area contributed by atoms with Crippen LogP contribution >= 0.6 is 0 Å². The maximum atomic E-state index is 2.62. The van der Waals surface area contributed by atoms with E-state index >= 15 is 0 Å². The first kappa shape index (κ1) is 59.2. The Morgan fingerprint density at radius 3 is 1.17 bits per heavy atom. The van der Waals surface area contributed by atoms with Crippen LogP contribution in [0.15, 0.2) is 231 Å². The van der Waals surface area contributed by atoms with Crippen molar-refractivity contribution in [3.05, 3.63) is 275 Å². The first-order valence-corrected chi connectivity index (χ1v) is 33.4. The van der Waals surface area contributed by atoms with Crippen LogP contribution in [0.4, 0.5) is 51.2 Å². The largest absolute Gasteiger partial charge is 0.311 e. The molecule has 0 amide bonds. The molecule has 0 bridgehead atoms. The van der Waals surface area contributed by atoms with Gasteiger partial charge in [0.05, 0.1) is 0 Å². The monoisotopic (exact) mass is 1200 g/mol. The van der Waals surface area contributed by atoms with Gasteiger partial charge in [-0.05, 0) is 206 Å². The summed E-state index contributed by atoms with van der Waals surface area (Å²) in [5.41, 5.74) is 34.9. The number of rotatable bonds is 7. The minimum absolute atomic E-state index is 0.00902. The molecule has 4 heteroatoms. The molecule has 0 N–H and O–H groups in total. The average Bonchev–Trinajstić information content (AvgIpc) is 0.903. The van der Waals surface area contributed by atoms with Crippen molar-refractivity contribution >= 4 is 74.3 Å². The fourth-order valence-electron chi connectivity index (χ4n) is 16.0. The van der Waals surface area contributed by atoms with Crippen molar-refractivity contribution < 1.29 is 0 Å². The highest BCUT2D eigenvalue weighted by Gasteiger charge is 2.46. The lowest BCUT2D eigenvalue weighted by Crippen LogP contribution is -2.61. The van der Waals surface area contributed by atoms with Gasteiger partial charge in [-0.2, -0.15) is 0 Å². The molecule has 0 radical (unpaired) electrons. The average molecular weight is 1200 g/mol. The van der Waals surface area contributed by atoms with E-state index in [1.165, 1.54) is 128 Å². The van der Waals surface area contributed by atoms with Crippen LogP contribution in [-0.2, 0) is 32.5 Å². The van der Waals surface area contributed by atoms with Gasteiger partial charge in [-0.1, -0.05) is 262 Å². The molecule has 2 heterocycles. The lowest BCUT2D eigenvalue weighted by molar-refractivity contribution is 0.590. The van der Waals surface area contributed by atoms with E-state index in [0.717, 1.165) is 28.4 Å². The molecule has 0 unspecified atom stereocenters. The van der Waals surface area contributed by atoms with E-state index in [9.17, 15) is 0 Å². The summed E-state index contributed by atoms with van der Waals surface area (Å²) >= 11 is 0. The summed E-state index contributed by atoms with van der Waals surface area (Å²) < 4.78 is 0. The summed E-state index contributed by atoms with van der Waals surface area (Å²) in [6, 6.07) is 89.5. The van der Waals surface area contributed by atoms with E-state index in [1.54, 1.807) is 0 Å². The summed E-state index contributed by atoms with van der Waals surface area (Å²) in [6.07, 6.45) is 0. The Bertz CT molecular complexity index is 4710. The summed E-state index contributed by atoms with van der Waals surface area (Å²) in [7, 11) is 0. The van der Waals surface area contributed by atoms with Gasteiger partial charge in [0.25, 0.3) is 6.71 Å². The van der Waals surface area contributed by atoms with Gasteiger partial charge in [0.1, 0.15) is 0 Å².